The van der Waals surface area contributed by atoms with E-state index in [4.69, 9.17) is 4.74 Å². The van der Waals surface area contributed by atoms with E-state index in [1.165, 1.54) is 6.92 Å². The van der Waals surface area contributed by atoms with Crippen molar-refractivity contribution in [3.05, 3.63) is 50.9 Å². The molecule has 0 saturated heterocycles. The van der Waals surface area contributed by atoms with Crippen LogP contribution in [0.1, 0.15) is 53.9 Å². The SMILES string of the molecule is COc1ccc2c(c1)C1(C)CCCc3c(O)c(C(C)=O)c(=O)n-2c31. The molecule has 1 atom stereocenters. The van der Waals surface area contributed by atoms with Crippen molar-refractivity contribution in [3.63, 3.8) is 0 Å². The van der Waals surface area contributed by atoms with Crippen LogP contribution in [-0.4, -0.2) is 22.6 Å². The number of pyridine rings is 1. The molecule has 4 rings (SSSR count). The Hall–Kier alpha value is -2.56. The van der Waals surface area contributed by atoms with Crippen LogP contribution in [0.3, 0.4) is 0 Å². The quantitative estimate of drug-likeness (QED) is 0.862. The van der Waals surface area contributed by atoms with Crippen molar-refractivity contribution >= 4 is 5.78 Å². The van der Waals surface area contributed by atoms with Gasteiger partial charge in [-0.05, 0) is 56.9 Å². The van der Waals surface area contributed by atoms with Gasteiger partial charge in [-0.25, -0.2) is 0 Å². The fourth-order valence-electron chi connectivity index (χ4n) is 4.35. The second kappa shape index (κ2) is 4.72. The van der Waals surface area contributed by atoms with Gasteiger partial charge in [0, 0.05) is 16.7 Å². The van der Waals surface area contributed by atoms with Crippen molar-refractivity contribution in [2.75, 3.05) is 7.11 Å². The summed E-state index contributed by atoms with van der Waals surface area (Å²) >= 11 is 0. The highest BCUT2D eigenvalue weighted by atomic mass is 16.5. The summed E-state index contributed by atoms with van der Waals surface area (Å²) in [5.74, 6) is 0.196. The zero-order chi connectivity index (χ0) is 17.2. The normalized spacial score (nSPS) is 20.5. The molecular formula is C19H19NO4. The van der Waals surface area contributed by atoms with Gasteiger partial charge in [-0.3, -0.25) is 14.2 Å². The maximum absolute atomic E-state index is 13.0. The Labute approximate surface area is 139 Å². The number of aromatic nitrogens is 1. The standard InChI is InChI=1S/C19H19NO4/c1-10(21)15-16(22)12-5-4-8-19(2)13-9-11(24-3)6-7-14(13)20(17(12)19)18(15)23/h6-7,9,22H,4-5,8H2,1-3H3. The molecule has 2 heterocycles. The molecule has 1 aliphatic heterocycles. The number of benzene rings is 1. The Morgan fingerprint density at radius 1 is 1.38 bits per heavy atom. The number of aromatic hydroxyl groups is 1. The van der Waals surface area contributed by atoms with E-state index in [1.807, 2.05) is 18.2 Å². The fraction of sp³-hybridized carbons (Fsp3) is 0.368. The van der Waals surface area contributed by atoms with Crippen molar-refractivity contribution in [2.45, 2.75) is 38.5 Å². The lowest BCUT2D eigenvalue weighted by atomic mass is 9.71. The van der Waals surface area contributed by atoms with Crippen molar-refractivity contribution in [2.24, 2.45) is 0 Å². The van der Waals surface area contributed by atoms with E-state index in [1.54, 1.807) is 11.7 Å². The minimum atomic E-state index is -0.434. The molecule has 1 unspecified atom stereocenters. The van der Waals surface area contributed by atoms with Crippen LogP contribution in [0.2, 0.25) is 0 Å². The Morgan fingerprint density at radius 2 is 2.12 bits per heavy atom. The van der Waals surface area contributed by atoms with E-state index < -0.39 is 11.3 Å². The lowest BCUT2D eigenvalue weighted by Crippen LogP contribution is -2.33. The van der Waals surface area contributed by atoms with Crippen molar-refractivity contribution in [3.8, 4) is 17.2 Å². The summed E-state index contributed by atoms with van der Waals surface area (Å²) in [6, 6.07) is 5.64. The first kappa shape index (κ1) is 15.0. The summed E-state index contributed by atoms with van der Waals surface area (Å²) in [7, 11) is 1.62. The first-order valence-electron chi connectivity index (χ1n) is 8.11. The molecule has 0 amide bonds. The van der Waals surface area contributed by atoms with E-state index in [-0.39, 0.29) is 16.7 Å². The van der Waals surface area contributed by atoms with Gasteiger partial charge < -0.3 is 9.84 Å². The molecule has 1 N–H and O–H groups in total. The van der Waals surface area contributed by atoms with E-state index in [0.717, 1.165) is 41.1 Å². The maximum atomic E-state index is 13.0. The third kappa shape index (κ3) is 1.64. The Bertz CT molecular complexity index is 957. The van der Waals surface area contributed by atoms with Gasteiger partial charge in [0.05, 0.1) is 12.8 Å². The number of ether oxygens (including phenoxy) is 1. The average Bonchev–Trinajstić information content (AvgIpc) is 2.82. The zero-order valence-corrected chi connectivity index (χ0v) is 14.0. The number of hydrogen-bond donors (Lipinski definition) is 1. The zero-order valence-electron chi connectivity index (χ0n) is 14.0. The van der Waals surface area contributed by atoms with Gasteiger partial charge >= 0.3 is 0 Å². The lowest BCUT2D eigenvalue weighted by Gasteiger charge is -2.33. The Morgan fingerprint density at radius 3 is 2.79 bits per heavy atom. The molecule has 2 aromatic rings. The lowest BCUT2D eigenvalue weighted by molar-refractivity contribution is 0.101. The van der Waals surface area contributed by atoms with Gasteiger partial charge in [-0.15, -0.1) is 0 Å². The number of nitrogens with zero attached hydrogens (tertiary/aromatic N) is 1. The van der Waals surface area contributed by atoms with Gasteiger partial charge in [0.2, 0.25) is 0 Å². The average molecular weight is 325 g/mol. The van der Waals surface area contributed by atoms with E-state index in [2.05, 4.69) is 6.92 Å². The van der Waals surface area contributed by atoms with Crippen LogP contribution >= 0.6 is 0 Å². The minimum absolute atomic E-state index is 0.110. The smallest absolute Gasteiger partial charge is 0.270 e. The fourth-order valence-corrected chi connectivity index (χ4v) is 4.35. The monoisotopic (exact) mass is 325 g/mol. The maximum Gasteiger partial charge on any atom is 0.270 e. The number of ketones is 1. The van der Waals surface area contributed by atoms with Crippen LogP contribution in [0, 0.1) is 0 Å². The number of carbonyl (C=O) groups is 1. The summed E-state index contributed by atoms with van der Waals surface area (Å²) in [4.78, 5) is 24.9. The van der Waals surface area contributed by atoms with Gasteiger partial charge in [0.15, 0.2) is 5.78 Å². The largest absolute Gasteiger partial charge is 0.507 e. The highest BCUT2D eigenvalue weighted by molar-refractivity contribution is 5.97. The number of methoxy groups -OCH3 is 1. The topological polar surface area (TPSA) is 68.5 Å². The van der Waals surface area contributed by atoms with Gasteiger partial charge in [-0.2, -0.15) is 0 Å². The van der Waals surface area contributed by atoms with E-state index in [9.17, 15) is 14.7 Å². The number of fused-ring (bicyclic) bond motifs is 3. The molecule has 0 spiro atoms. The summed E-state index contributed by atoms with van der Waals surface area (Å²) in [5.41, 5.74) is 2.44. The van der Waals surface area contributed by atoms with Crippen LogP contribution in [0.25, 0.3) is 5.69 Å². The van der Waals surface area contributed by atoms with Gasteiger partial charge in [0.25, 0.3) is 5.56 Å². The molecular weight excluding hydrogens is 306 g/mol. The number of rotatable bonds is 2. The first-order chi connectivity index (χ1) is 11.4. The predicted molar refractivity (Wildman–Crippen MR) is 89.7 cm³/mol. The summed E-state index contributed by atoms with van der Waals surface area (Å²) in [5, 5.41) is 10.6. The molecule has 1 aromatic carbocycles. The second-order valence-electron chi connectivity index (χ2n) is 6.82. The number of hydrogen-bond acceptors (Lipinski definition) is 4. The number of Topliss-reactive ketones (excluding diaryl/α,β-unsaturated/α-hetero) is 1. The molecule has 24 heavy (non-hydrogen) atoms. The molecule has 0 bridgehead atoms. The molecule has 0 radical (unpaired) electrons. The van der Waals surface area contributed by atoms with E-state index in [0.29, 0.717) is 6.42 Å². The Balaban J connectivity index is 2.18. The molecule has 1 aromatic heterocycles. The van der Waals surface area contributed by atoms with Crippen LogP contribution in [0.5, 0.6) is 11.5 Å². The molecule has 0 fully saturated rings. The van der Waals surface area contributed by atoms with E-state index >= 15 is 0 Å². The molecule has 5 nitrogen and oxygen atoms in total. The highest BCUT2D eigenvalue weighted by Gasteiger charge is 2.46. The molecule has 124 valence electrons. The van der Waals surface area contributed by atoms with Crippen LogP contribution in [-0.2, 0) is 11.8 Å². The van der Waals surface area contributed by atoms with Crippen molar-refractivity contribution < 1.29 is 14.6 Å². The minimum Gasteiger partial charge on any atom is -0.507 e. The summed E-state index contributed by atoms with van der Waals surface area (Å²) < 4.78 is 6.97. The van der Waals surface area contributed by atoms with Gasteiger partial charge in [-0.1, -0.05) is 0 Å². The third-order valence-corrected chi connectivity index (χ3v) is 5.47. The Kier molecular flexibility index (Phi) is 2.95. The van der Waals surface area contributed by atoms with Crippen LogP contribution in [0.4, 0.5) is 0 Å². The predicted octanol–water partition coefficient (Wildman–Crippen LogP) is 2.71. The second-order valence-corrected chi connectivity index (χ2v) is 6.82. The molecule has 2 aliphatic rings. The molecule has 0 saturated carbocycles. The summed E-state index contributed by atoms with van der Waals surface area (Å²) in [6.45, 7) is 3.42. The molecule has 1 aliphatic carbocycles. The summed E-state index contributed by atoms with van der Waals surface area (Å²) in [6.07, 6.45) is 2.45. The molecule has 5 heteroatoms. The van der Waals surface area contributed by atoms with Crippen LogP contribution in [0.15, 0.2) is 23.0 Å². The third-order valence-electron chi connectivity index (χ3n) is 5.47. The van der Waals surface area contributed by atoms with Crippen molar-refractivity contribution in [1.82, 2.24) is 4.57 Å². The highest BCUT2D eigenvalue weighted by Crippen LogP contribution is 2.51. The first-order valence-corrected chi connectivity index (χ1v) is 8.11. The van der Waals surface area contributed by atoms with Crippen molar-refractivity contribution in [1.29, 1.82) is 0 Å². The van der Waals surface area contributed by atoms with Gasteiger partial charge in [0.1, 0.15) is 17.1 Å². The van der Waals surface area contributed by atoms with Crippen LogP contribution < -0.4 is 10.3 Å². The number of carbonyl (C=O) groups excluding carboxylic acids is 1.